The van der Waals surface area contributed by atoms with Gasteiger partial charge in [-0.25, -0.2) is 8.78 Å². The molecule has 0 atom stereocenters. The molecule has 2 rings (SSSR count). The zero-order valence-electron chi connectivity index (χ0n) is 8.78. The molecule has 0 radical (unpaired) electrons. The van der Waals surface area contributed by atoms with Crippen LogP contribution in [0.1, 0.15) is 10.4 Å². The molecule has 0 aliphatic rings. The van der Waals surface area contributed by atoms with E-state index in [9.17, 15) is 13.6 Å². The van der Waals surface area contributed by atoms with Crippen molar-refractivity contribution < 1.29 is 13.6 Å². The summed E-state index contributed by atoms with van der Waals surface area (Å²) in [7, 11) is 0. The number of carbonyl (C=O) groups excluding carboxylic acids is 1. The van der Waals surface area contributed by atoms with Crippen LogP contribution in [0.5, 0.6) is 0 Å². The molecule has 2 aromatic carbocycles. The first-order valence-electron chi connectivity index (χ1n) is 4.98. The van der Waals surface area contributed by atoms with Crippen molar-refractivity contribution in [3.05, 3.63) is 65.7 Å². The lowest BCUT2D eigenvalue weighted by atomic mass is 10.2. The first kappa shape index (κ1) is 11.3. The van der Waals surface area contributed by atoms with E-state index in [2.05, 4.69) is 5.32 Å². The van der Waals surface area contributed by atoms with E-state index in [1.54, 1.807) is 6.07 Å². The summed E-state index contributed by atoms with van der Waals surface area (Å²) in [6, 6.07) is 11.0. The van der Waals surface area contributed by atoms with E-state index in [4.69, 9.17) is 0 Å². The highest BCUT2D eigenvalue weighted by molar-refractivity contribution is 6.04. The number of nitrogens with one attached hydrogen (secondary N) is 1. The maximum absolute atomic E-state index is 13.3. The van der Waals surface area contributed by atoms with Crippen molar-refractivity contribution in [2.24, 2.45) is 0 Å². The summed E-state index contributed by atoms with van der Waals surface area (Å²) in [5, 5.41) is 2.42. The van der Waals surface area contributed by atoms with Crippen LogP contribution in [0.3, 0.4) is 0 Å². The van der Waals surface area contributed by atoms with Crippen LogP contribution in [0.4, 0.5) is 14.5 Å². The van der Waals surface area contributed by atoms with E-state index in [0.29, 0.717) is 5.69 Å². The van der Waals surface area contributed by atoms with Crippen LogP contribution in [0, 0.1) is 11.6 Å². The molecule has 0 aliphatic carbocycles. The van der Waals surface area contributed by atoms with Crippen molar-refractivity contribution in [1.29, 1.82) is 0 Å². The number of benzene rings is 2. The van der Waals surface area contributed by atoms with E-state index in [-0.39, 0.29) is 5.56 Å². The summed E-state index contributed by atoms with van der Waals surface area (Å²) >= 11 is 0. The normalized spacial score (nSPS) is 10.0. The van der Waals surface area contributed by atoms with Crippen molar-refractivity contribution in [3.8, 4) is 0 Å². The summed E-state index contributed by atoms with van der Waals surface area (Å²) in [4.78, 5) is 11.7. The molecule has 1 N–H and O–H groups in total. The molecule has 2 aromatic rings. The standard InChI is InChI=1S/C13H9F2NO/c14-9-4-3-5-10(8-9)16-13(17)11-6-1-2-7-12(11)15/h1-8H,(H,16,17). The Morgan fingerprint density at radius 1 is 1.00 bits per heavy atom. The SMILES string of the molecule is O=C(Nc1cccc(F)c1)c1ccccc1F. The fourth-order valence-electron chi connectivity index (χ4n) is 1.41. The third-order valence-corrected chi connectivity index (χ3v) is 2.20. The minimum Gasteiger partial charge on any atom is -0.322 e. The van der Waals surface area contributed by atoms with Crippen molar-refractivity contribution >= 4 is 11.6 Å². The predicted octanol–water partition coefficient (Wildman–Crippen LogP) is 3.22. The van der Waals surface area contributed by atoms with Gasteiger partial charge in [-0.2, -0.15) is 0 Å². The lowest BCUT2D eigenvalue weighted by Gasteiger charge is -2.05. The van der Waals surface area contributed by atoms with Gasteiger partial charge in [-0.1, -0.05) is 18.2 Å². The smallest absolute Gasteiger partial charge is 0.258 e. The average Bonchev–Trinajstić information content (AvgIpc) is 2.29. The Kier molecular flexibility index (Phi) is 3.14. The van der Waals surface area contributed by atoms with Crippen LogP contribution in [0.25, 0.3) is 0 Å². The monoisotopic (exact) mass is 233 g/mol. The Morgan fingerprint density at radius 2 is 1.76 bits per heavy atom. The van der Waals surface area contributed by atoms with Gasteiger partial charge in [-0.15, -0.1) is 0 Å². The molecule has 0 aromatic heterocycles. The van der Waals surface area contributed by atoms with Gasteiger partial charge in [0.25, 0.3) is 5.91 Å². The van der Waals surface area contributed by atoms with Crippen LogP contribution in [-0.2, 0) is 0 Å². The molecule has 0 saturated heterocycles. The number of rotatable bonds is 2. The summed E-state index contributed by atoms with van der Waals surface area (Å²) < 4.78 is 26.2. The van der Waals surface area contributed by atoms with Crippen LogP contribution in [-0.4, -0.2) is 5.91 Å². The predicted molar refractivity (Wildman–Crippen MR) is 60.8 cm³/mol. The minimum atomic E-state index is -0.610. The topological polar surface area (TPSA) is 29.1 Å². The van der Waals surface area contributed by atoms with Crippen LogP contribution in [0.15, 0.2) is 48.5 Å². The Bertz CT molecular complexity index is 555. The van der Waals surface area contributed by atoms with Gasteiger partial charge in [0, 0.05) is 5.69 Å². The zero-order valence-corrected chi connectivity index (χ0v) is 8.78. The van der Waals surface area contributed by atoms with Crippen molar-refractivity contribution in [2.45, 2.75) is 0 Å². The van der Waals surface area contributed by atoms with E-state index >= 15 is 0 Å². The Morgan fingerprint density at radius 3 is 2.47 bits per heavy atom. The highest BCUT2D eigenvalue weighted by Gasteiger charge is 2.10. The fraction of sp³-hybridized carbons (Fsp3) is 0. The second-order valence-electron chi connectivity index (χ2n) is 3.44. The van der Waals surface area contributed by atoms with Crippen molar-refractivity contribution in [3.63, 3.8) is 0 Å². The van der Waals surface area contributed by atoms with Gasteiger partial charge in [0.15, 0.2) is 0 Å². The fourth-order valence-corrected chi connectivity index (χ4v) is 1.41. The zero-order chi connectivity index (χ0) is 12.3. The molecule has 2 nitrogen and oxygen atoms in total. The van der Waals surface area contributed by atoms with Crippen molar-refractivity contribution in [2.75, 3.05) is 5.32 Å². The van der Waals surface area contributed by atoms with E-state index in [0.717, 1.165) is 0 Å². The molecule has 0 spiro atoms. The van der Waals surface area contributed by atoms with Gasteiger partial charge in [0.1, 0.15) is 11.6 Å². The van der Waals surface area contributed by atoms with Crippen molar-refractivity contribution in [1.82, 2.24) is 0 Å². The number of carbonyl (C=O) groups is 1. The molecule has 86 valence electrons. The third kappa shape index (κ3) is 2.66. The van der Waals surface area contributed by atoms with Gasteiger partial charge in [-0.05, 0) is 30.3 Å². The quantitative estimate of drug-likeness (QED) is 0.847. The van der Waals surface area contributed by atoms with Crippen LogP contribution < -0.4 is 5.32 Å². The van der Waals surface area contributed by atoms with E-state index in [1.807, 2.05) is 0 Å². The highest BCUT2D eigenvalue weighted by Crippen LogP contribution is 2.12. The maximum Gasteiger partial charge on any atom is 0.258 e. The molecule has 17 heavy (non-hydrogen) atoms. The van der Waals surface area contributed by atoms with Gasteiger partial charge in [0.2, 0.25) is 0 Å². The Balaban J connectivity index is 2.20. The number of halogens is 2. The number of anilines is 1. The summed E-state index contributed by atoms with van der Waals surface area (Å²) in [5.74, 6) is -1.67. The van der Waals surface area contributed by atoms with Gasteiger partial charge >= 0.3 is 0 Å². The average molecular weight is 233 g/mol. The molecule has 0 bridgehead atoms. The Labute approximate surface area is 96.9 Å². The first-order valence-corrected chi connectivity index (χ1v) is 4.98. The lowest BCUT2D eigenvalue weighted by Crippen LogP contribution is -2.13. The van der Waals surface area contributed by atoms with Gasteiger partial charge < -0.3 is 5.32 Å². The largest absolute Gasteiger partial charge is 0.322 e. The molecule has 4 heteroatoms. The minimum absolute atomic E-state index is 0.0724. The molecule has 0 heterocycles. The second-order valence-corrected chi connectivity index (χ2v) is 3.44. The molecular formula is C13H9F2NO. The molecule has 0 aliphatic heterocycles. The molecular weight excluding hydrogens is 224 g/mol. The lowest BCUT2D eigenvalue weighted by molar-refractivity contribution is 0.102. The van der Waals surface area contributed by atoms with Gasteiger partial charge in [-0.3, -0.25) is 4.79 Å². The first-order chi connectivity index (χ1) is 8.16. The van der Waals surface area contributed by atoms with Crippen LogP contribution in [0.2, 0.25) is 0 Å². The molecule has 0 fully saturated rings. The summed E-state index contributed by atoms with van der Waals surface area (Å²) in [5.41, 5.74) is 0.218. The molecule has 0 saturated carbocycles. The van der Waals surface area contributed by atoms with Crippen LogP contribution >= 0.6 is 0 Å². The second kappa shape index (κ2) is 4.74. The number of hydrogen-bond donors (Lipinski definition) is 1. The molecule has 0 unspecified atom stereocenters. The maximum atomic E-state index is 13.3. The van der Waals surface area contributed by atoms with E-state index in [1.165, 1.54) is 42.5 Å². The summed E-state index contributed by atoms with van der Waals surface area (Å²) in [6.07, 6.45) is 0. The highest BCUT2D eigenvalue weighted by atomic mass is 19.1. The van der Waals surface area contributed by atoms with E-state index < -0.39 is 17.5 Å². The third-order valence-electron chi connectivity index (χ3n) is 2.20. The summed E-state index contributed by atoms with van der Waals surface area (Å²) in [6.45, 7) is 0. The molecule has 1 amide bonds. The number of hydrogen-bond acceptors (Lipinski definition) is 1. The number of amides is 1. The Hall–Kier alpha value is -2.23. The van der Waals surface area contributed by atoms with Gasteiger partial charge in [0.05, 0.1) is 5.56 Å².